The van der Waals surface area contributed by atoms with Crippen molar-refractivity contribution in [3.63, 3.8) is 0 Å². The highest BCUT2D eigenvalue weighted by molar-refractivity contribution is 5.93. The summed E-state index contributed by atoms with van der Waals surface area (Å²) in [7, 11) is 0. The van der Waals surface area contributed by atoms with Crippen molar-refractivity contribution >= 4 is 17.4 Å². The van der Waals surface area contributed by atoms with Crippen LogP contribution in [0.25, 0.3) is 0 Å². The lowest BCUT2D eigenvalue weighted by Gasteiger charge is -2.06. The molecule has 1 heterocycles. The van der Waals surface area contributed by atoms with E-state index < -0.39 is 0 Å². The van der Waals surface area contributed by atoms with E-state index >= 15 is 0 Å². The first kappa shape index (κ1) is 13.7. The molecule has 0 unspecified atom stereocenters. The zero-order valence-electron chi connectivity index (χ0n) is 10.6. The molecule has 2 aromatic rings. The summed E-state index contributed by atoms with van der Waals surface area (Å²) < 4.78 is 12.8. The van der Waals surface area contributed by atoms with Crippen LogP contribution in [0.1, 0.15) is 10.5 Å². The van der Waals surface area contributed by atoms with Crippen LogP contribution in [0.15, 0.2) is 49.3 Å². The molecule has 20 heavy (non-hydrogen) atoms. The number of aromatic nitrogens is 2. The first-order valence-corrected chi connectivity index (χ1v) is 5.93. The molecule has 0 fully saturated rings. The van der Waals surface area contributed by atoms with E-state index in [2.05, 4.69) is 27.2 Å². The molecule has 0 saturated carbocycles. The maximum absolute atomic E-state index is 12.8. The van der Waals surface area contributed by atoms with Crippen molar-refractivity contribution in [1.82, 2.24) is 15.3 Å². The molecule has 2 rings (SSSR count). The number of anilines is 2. The zero-order chi connectivity index (χ0) is 14.4. The Balaban J connectivity index is 2.11. The smallest absolute Gasteiger partial charge is 0.270 e. The molecule has 0 aliphatic heterocycles. The van der Waals surface area contributed by atoms with Crippen molar-refractivity contribution in [2.75, 3.05) is 11.9 Å². The van der Waals surface area contributed by atoms with Gasteiger partial charge in [0.25, 0.3) is 5.91 Å². The highest BCUT2D eigenvalue weighted by Gasteiger charge is 2.07. The van der Waals surface area contributed by atoms with Gasteiger partial charge in [0.1, 0.15) is 23.7 Å². The SMILES string of the molecule is C=CCNC(=O)c1cc(Nc2ccc(F)cc2)ncn1. The van der Waals surface area contributed by atoms with Crippen LogP contribution in [0.3, 0.4) is 0 Å². The predicted molar refractivity (Wildman–Crippen MR) is 74.2 cm³/mol. The topological polar surface area (TPSA) is 66.9 Å². The van der Waals surface area contributed by atoms with Crippen molar-refractivity contribution in [2.45, 2.75) is 0 Å². The number of benzene rings is 1. The van der Waals surface area contributed by atoms with Crippen LogP contribution in [-0.4, -0.2) is 22.4 Å². The van der Waals surface area contributed by atoms with E-state index in [1.54, 1.807) is 18.2 Å². The minimum absolute atomic E-state index is 0.242. The summed E-state index contributed by atoms with van der Waals surface area (Å²) in [5.41, 5.74) is 0.911. The van der Waals surface area contributed by atoms with Gasteiger partial charge in [0.2, 0.25) is 0 Å². The van der Waals surface area contributed by atoms with Crippen molar-refractivity contribution < 1.29 is 9.18 Å². The third kappa shape index (κ3) is 3.61. The van der Waals surface area contributed by atoms with E-state index in [1.807, 2.05) is 0 Å². The van der Waals surface area contributed by atoms with Crippen molar-refractivity contribution in [3.05, 3.63) is 60.8 Å². The second kappa shape index (κ2) is 6.42. The van der Waals surface area contributed by atoms with Crippen LogP contribution in [0.4, 0.5) is 15.9 Å². The molecule has 0 radical (unpaired) electrons. The van der Waals surface area contributed by atoms with Gasteiger partial charge in [-0.05, 0) is 24.3 Å². The van der Waals surface area contributed by atoms with Gasteiger partial charge in [-0.25, -0.2) is 14.4 Å². The van der Waals surface area contributed by atoms with E-state index in [0.717, 1.165) is 0 Å². The van der Waals surface area contributed by atoms with Crippen LogP contribution in [0, 0.1) is 5.82 Å². The zero-order valence-corrected chi connectivity index (χ0v) is 10.6. The minimum atomic E-state index is -0.317. The maximum atomic E-state index is 12.8. The summed E-state index contributed by atoms with van der Waals surface area (Å²) in [6, 6.07) is 7.34. The lowest BCUT2D eigenvalue weighted by atomic mass is 10.3. The number of carbonyl (C=O) groups excluding carboxylic acids is 1. The second-order valence-corrected chi connectivity index (χ2v) is 3.92. The van der Waals surface area contributed by atoms with Crippen LogP contribution in [0.2, 0.25) is 0 Å². The van der Waals surface area contributed by atoms with Gasteiger partial charge in [-0.3, -0.25) is 4.79 Å². The molecule has 0 saturated heterocycles. The van der Waals surface area contributed by atoms with E-state index in [4.69, 9.17) is 0 Å². The minimum Gasteiger partial charge on any atom is -0.347 e. The van der Waals surface area contributed by atoms with E-state index in [1.165, 1.54) is 24.5 Å². The molecular formula is C14H13FN4O. The van der Waals surface area contributed by atoms with E-state index in [-0.39, 0.29) is 17.4 Å². The van der Waals surface area contributed by atoms with Gasteiger partial charge in [0, 0.05) is 18.3 Å². The fourth-order valence-electron chi connectivity index (χ4n) is 1.49. The molecule has 0 atom stereocenters. The average Bonchev–Trinajstić information content (AvgIpc) is 2.47. The highest BCUT2D eigenvalue weighted by atomic mass is 19.1. The Hall–Kier alpha value is -2.76. The molecule has 0 aliphatic rings. The molecule has 0 bridgehead atoms. The number of rotatable bonds is 5. The monoisotopic (exact) mass is 272 g/mol. The van der Waals surface area contributed by atoms with Gasteiger partial charge in [-0.2, -0.15) is 0 Å². The average molecular weight is 272 g/mol. The number of amides is 1. The van der Waals surface area contributed by atoms with Crippen LogP contribution >= 0.6 is 0 Å². The Morgan fingerprint density at radius 2 is 2.05 bits per heavy atom. The third-order valence-corrected chi connectivity index (χ3v) is 2.42. The molecule has 5 nitrogen and oxygen atoms in total. The summed E-state index contributed by atoms with van der Waals surface area (Å²) in [4.78, 5) is 19.6. The number of nitrogens with zero attached hydrogens (tertiary/aromatic N) is 2. The molecule has 1 amide bonds. The first-order chi connectivity index (χ1) is 9.69. The fourth-order valence-corrected chi connectivity index (χ4v) is 1.49. The molecule has 102 valence electrons. The Morgan fingerprint density at radius 3 is 2.75 bits per heavy atom. The number of hydrogen-bond acceptors (Lipinski definition) is 4. The maximum Gasteiger partial charge on any atom is 0.270 e. The molecule has 0 aliphatic carbocycles. The lowest BCUT2D eigenvalue weighted by Crippen LogP contribution is -2.24. The van der Waals surface area contributed by atoms with Gasteiger partial charge in [0.15, 0.2) is 0 Å². The van der Waals surface area contributed by atoms with Crippen molar-refractivity contribution in [1.29, 1.82) is 0 Å². The van der Waals surface area contributed by atoms with E-state index in [0.29, 0.717) is 18.1 Å². The summed E-state index contributed by atoms with van der Waals surface area (Å²) in [5.74, 6) is -0.174. The van der Waals surface area contributed by atoms with Crippen molar-refractivity contribution in [2.24, 2.45) is 0 Å². The van der Waals surface area contributed by atoms with Gasteiger partial charge in [0.05, 0.1) is 0 Å². The van der Waals surface area contributed by atoms with E-state index in [9.17, 15) is 9.18 Å². The Kier molecular flexibility index (Phi) is 4.39. The van der Waals surface area contributed by atoms with Crippen LogP contribution in [-0.2, 0) is 0 Å². The van der Waals surface area contributed by atoms with Gasteiger partial charge >= 0.3 is 0 Å². The second-order valence-electron chi connectivity index (χ2n) is 3.92. The molecule has 0 spiro atoms. The molecular weight excluding hydrogens is 259 g/mol. The Labute approximate surface area is 115 Å². The lowest BCUT2D eigenvalue weighted by molar-refractivity contribution is 0.0953. The van der Waals surface area contributed by atoms with Gasteiger partial charge in [-0.1, -0.05) is 6.08 Å². The number of hydrogen-bond donors (Lipinski definition) is 2. The quantitative estimate of drug-likeness (QED) is 0.819. The standard InChI is InChI=1S/C14H13FN4O/c1-2-7-16-14(20)12-8-13(18-9-17-12)19-11-5-3-10(15)4-6-11/h2-6,8-9H,1,7H2,(H,16,20)(H,17,18,19). The predicted octanol–water partition coefficient (Wildman–Crippen LogP) is 2.28. The van der Waals surface area contributed by atoms with Gasteiger partial charge in [-0.15, -0.1) is 6.58 Å². The molecule has 1 aromatic heterocycles. The third-order valence-electron chi connectivity index (χ3n) is 2.42. The molecule has 1 aromatic carbocycles. The summed E-state index contributed by atoms with van der Waals surface area (Å²) in [6.45, 7) is 3.88. The molecule has 6 heteroatoms. The highest BCUT2D eigenvalue weighted by Crippen LogP contribution is 2.14. The largest absolute Gasteiger partial charge is 0.347 e. The van der Waals surface area contributed by atoms with Crippen molar-refractivity contribution in [3.8, 4) is 0 Å². The van der Waals surface area contributed by atoms with Crippen LogP contribution in [0.5, 0.6) is 0 Å². The number of halogens is 1. The number of nitrogens with one attached hydrogen (secondary N) is 2. The Bertz CT molecular complexity index is 613. The summed E-state index contributed by atoms with van der Waals surface area (Å²) in [6.07, 6.45) is 2.87. The number of carbonyl (C=O) groups is 1. The Morgan fingerprint density at radius 1 is 1.30 bits per heavy atom. The molecule has 2 N–H and O–H groups in total. The van der Waals surface area contributed by atoms with Crippen LogP contribution < -0.4 is 10.6 Å². The summed E-state index contributed by atoms with van der Waals surface area (Å²) >= 11 is 0. The summed E-state index contributed by atoms with van der Waals surface area (Å²) in [5, 5.41) is 5.59. The van der Waals surface area contributed by atoms with Gasteiger partial charge < -0.3 is 10.6 Å². The first-order valence-electron chi connectivity index (χ1n) is 5.93. The normalized spacial score (nSPS) is 9.85. The fraction of sp³-hybridized carbons (Fsp3) is 0.0714.